The lowest BCUT2D eigenvalue weighted by Gasteiger charge is -2.42. The van der Waals surface area contributed by atoms with E-state index in [1.54, 1.807) is 55.1 Å². The maximum absolute atomic E-state index is 14.6. The topological polar surface area (TPSA) is 182 Å². The third-order valence-electron chi connectivity index (χ3n) is 14.0. The van der Waals surface area contributed by atoms with E-state index in [-0.39, 0.29) is 54.7 Å². The molecule has 2 aromatic carbocycles. The summed E-state index contributed by atoms with van der Waals surface area (Å²) >= 11 is 6.02. The van der Waals surface area contributed by atoms with Crippen molar-refractivity contribution >= 4 is 70.6 Å². The lowest BCUT2D eigenvalue weighted by molar-refractivity contribution is -0.120. The number of halogens is 6. The van der Waals surface area contributed by atoms with Crippen LogP contribution in [0, 0.1) is 11.6 Å². The van der Waals surface area contributed by atoms with Crippen LogP contribution < -0.4 is 10.6 Å². The first-order valence-electron chi connectivity index (χ1n) is 24.3. The van der Waals surface area contributed by atoms with Gasteiger partial charge in [0.2, 0.25) is 0 Å². The van der Waals surface area contributed by atoms with Gasteiger partial charge in [-0.3, -0.25) is 14.4 Å². The average Bonchev–Trinajstić information content (AvgIpc) is 4.16. The van der Waals surface area contributed by atoms with Crippen molar-refractivity contribution in [3.8, 4) is 0 Å². The van der Waals surface area contributed by atoms with Crippen LogP contribution in [0.3, 0.4) is 0 Å². The Balaban J connectivity index is 0.000000272. The van der Waals surface area contributed by atoms with Gasteiger partial charge < -0.3 is 59.3 Å². The molecular weight excluding hydrogens is 980 g/mol. The lowest BCUT2D eigenvalue weighted by atomic mass is 9.86. The number of likely N-dealkylation sites (N-methyl/N-ethyl adjacent to an activating group) is 2. The Morgan fingerprint density at radius 2 is 1.29 bits per heavy atom. The molecule has 26 heteroatoms. The van der Waals surface area contributed by atoms with Gasteiger partial charge in [0.1, 0.15) is 35.3 Å². The van der Waals surface area contributed by atoms with Gasteiger partial charge in [-0.15, -0.1) is 0 Å². The number of benzene rings is 2. The van der Waals surface area contributed by atoms with E-state index < -0.39 is 83.4 Å². The fourth-order valence-electron chi connectivity index (χ4n) is 8.19. The van der Waals surface area contributed by atoms with E-state index in [9.17, 15) is 36.3 Å². The van der Waals surface area contributed by atoms with E-state index in [2.05, 4.69) is 44.5 Å². The number of ketones is 2. The Bertz CT molecular complexity index is 2070. The van der Waals surface area contributed by atoms with Crippen LogP contribution in [0.4, 0.5) is 26.7 Å². The van der Waals surface area contributed by atoms with Crippen LogP contribution >= 0.6 is 11.6 Å². The minimum atomic E-state index is -2.18. The third-order valence-corrected chi connectivity index (χ3v) is 18.7. The van der Waals surface area contributed by atoms with Crippen LogP contribution in [0.25, 0.3) is 5.57 Å². The van der Waals surface area contributed by atoms with Crippen LogP contribution in [0.5, 0.6) is 0 Å². The van der Waals surface area contributed by atoms with Gasteiger partial charge in [0, 0.05) is 57.8 Å². The second-order valence-corrected chi connectivity index (χ2v) is 25.5. The van der Waals surface area contributed by atoms with Crippen molar-refractivity contribution < 1.29 is 60.9 Å². The fraction of sp³-hybridized carbons (Fsp3) is 0.630. The molecule has 7 rings (SSSR count). The van der Waals surface area contributed by atoms with Crippen LogP contribution in [0.1, 0.15) is 38.3 Å². The van der Waals surface area contributed by atoms with E-state index in [4.69, 9.17) is 36.1 Å². The van der Waals surface area contributed by atoms with Gasteiger partial charge in [-0.1, -0.05) is 51.1 Å². The van der Waals surface area contributed by atoms with Gasteiger partial charge in [-0.05, 0) is 113 Å². The second-order valence-electron chi connectivity index (χ2n) is 20.4. The highest BCUT2D eigenvalue weighted by Gasteiger charge is 2.48. The van der Waals surface area contributed by atoms with E-state index >= 15 is 0 Å². The third kappa shape index (κ3) is 17.8. The first-order valence-corrected chi connectivity index (χ1v) is 27.6. The minimum absolute atomic E-state index is 0.0382. The molecular formula is C46H75B4ClF5N7O8Si. The molecule has 1 amide bonds. The zero-order chi connectivity index (χ0) is 54.5. The van der Waals surface area contributed by atoms with Gasteiger partial charge in [-0.2, -0.15) is 0 Å². The zero-order valence-electron chi connectivity index (χ0n) is 43.6. The molecule has 72 heavy (non-hydrogen) atoms. The number of amides is 1. The van der Waals surface area contributed by atoms with Crippen LogP contribution in [-0.4, -0.2) is 208 Å². The molecule has 6 N–H and O–H groups in total. The molecule has 0 aliphatic carbocycles. The molecule has 0 saturated carbocycles. The average molecular weight is 1060 g/mol. The molecule has 4 fully saturated rings. The Morgan fingerprint density at radius 1 is 0.778 bits per heavy atom. The standard InChI is InChI=1S/C24H28ClF2NO2Si.2C6H14BFN2O.C5H9BFNO2.C5H10BNO2/c1-23(2,3)31(4,5)30-16-24(18-9-7-6-8-10-18)14-17(15-28(24)22(25)29)20-13-19(26)11-12-21(20)27;2*1-7(11)10-3-5(8)6(4-10)9-2;1-6(10)8-2-4(7)5(9)3-8;1-6(9)7-3-2-5(8)4-7/h6-14H,15-16H2,1-5H3;2*5-6,9,11H,3-4H2,1-2H3;4,10H,2-3H2,1H3;9H,2-4H2,1H3/t24-;2*5-,6-;;/m110../s1. The number of rotatable bonds is 11. The molecule has 2 aromatic rings. The molecule has 0 aromatic heterocycles. The number of carbonyl (C=O) groups excluding carboxylic acids is 3. The van der Waals surface area contributed by atoms with Gasteiger partial charge in [0.25, 0.3) is 0 Å². The molecule has 0 radical (unpaired) electrons. The van der Waals surface area contributed by atoms with Gasteiger partial charge in [0.15, 0.2) is 20.3 Å². The predicted octanol–water partition coefficient (Wildman–Crippen LogP) is 4.31. The smallest absolute Gasteiger partial charge is 0.376 e. The molecule has 400 valence electrons. The maximum Gasteiger partial charge on any atom is 0.376 e. The zero-order valence-corrected chi connectivity index (χ0v) is 45.4. The van der Waals surface area contributed by atoms with E-state index in [0.29, 0.717) is 44.7 Å². The molecule has 5 aliphatic heterocycles. The molecule has 1 unspecified atom stereocenters. The summed E-state index contributed by atoms with van der Waals surface area (Å²) in [5.41, 5.74) is 0.389. The summed E-state index contributed by atoms with van der Waals surface area (Å²) in [6.07, 6.45) is -0.697. The molecule has 4 saturated heterocycles. The number of alkyl halides is 3. The quantitative estimate of drug-likeness (QED) is 0.0812. The number of hydrogen-bond donors (Lipinski definition) is 6. The predicted molar refractivity (Wildman–Crippen MR) is 280 cm³/mol. The van der Waals surface area contributed by atoms with Gasteiger partial charge >= 0.3 is 33.6 Å². The first kappa shape index (κ1) is 63.3. The van der Waals surface area contributed by atoms with Crippen LogP contribution in [-0.2, 0) is 19.6 Å². The Hall–Kier alpha value is -3.03. The van der Waals surface area contributed by atoms with Gasteiger partial charge in [-0.25, -0.2) is 22.0 Å². The van der Waals surface area contributed by atoms with Crippen LogP contribution in [0.2, 0.25) is 45.4 Å². The van der Waals surface area contributed by atoms with Crippen molar-refractivity contribution in [3.63, 3.8) is 0 Å². The van der Waals surface area contributed by atoms with Crippen molar-refractivity contribution in [2.24, 2.45) is 0 Å². The Morgan fingerprint density at radius 3 is 1.64 bits per heavy atom. The van der Waals surface area contributed by atoms with E-state index in [1.165, 1.54) is 16.5 Å². The van der Waals surface area contributed by atoms with Crippen LogP contribution in [0.15, 0.2) is 54.6 Å². The molecule has 15 nitrogen and oxygen atoms in total. The van der Waals surface area contributed by atoms with Crippen molar-refractivity contribution in [1.82, 2.24) is 34.8 Å². The number of nitrogens with zero attached hydrogens (tertiary/aromatic N) is 5. The molecule has 5 aliphatic rings. The number of hydrogen-bond acceptors (Lipinski definition) is 14. The highest BCUT2D eigenvalue weighted by Crippen LogP contribution is 2.44. The fourth-order valence-corrected chi connectivity index (χ4v) is 9.42. The summed E-state index contributed by atoms with van der Waals surface area (Å²) in [5.74, 6) is -1.30. The summed E-state index contributed by atoms with van der Waals surface area (Å²) in [5, 5.41) is 41.1. The highest BCUT2D eigenvalue weighted by molar-refractivity contribution is 6.74. The largest absolute Gasteiger partial charge is 0.437 e. The first-order chi connectivity index (χ1) is 33.5. The normalized spacial score (nSPS) is 24.8. The molecule has 6 atom stereocenters. The lowest BCUT2D eigenvalue weighted by Crippen LogP contribution is -2.51. The SMILES string of the molecule is CB(O)N1CC(=O)C(F)C1.CB(O)N1CCC(=O)C1.CC(C)(C)[Si](C)(C)OC[C@@]1(c2ccccc2)C=C(c2cc(F)ccc2F)CN1C(=O)Cl.CN[C@@H]1CN(B(C)O)C[C@H]1F.CN[C@H]1CN(B(C)O)C[C@@H]1F. The summed E-state index contributed by atoms with van der Waals surface area (Å²) in [4.78, 5) is 41.7. The van der Waals surface area contributed by atoms with Crippen molar-refractivity contribution in [1.29, 1.82) is 0 Å². The summed E-state index contributed by atoms with van der Waals surface area (Å²) < 4.78 is 73.4. The van der Waals surface area contributed by atoms with Crippen molar-refractivity contribution in [3.05, 3.63) is 77.4 Å². The molecule has 0 spiro atoms. The van der Waals surface area contributed by atoms with Crippen molar-refractivity contribution in [2.45, 2.75) is 109 Å². The number of Topliss-reactive ketones (excluding diaryl/α,β-unsaturated/α-hetero) is 2. The second kappa shape index (κ2) is 28.2. The van der Waals surface area contributed by atoms with E-state index in [1.807, 2.05) is 30.3 Å². The maximum atomic E-state index is 14.6. The highest BCUT2D eigenvalue weighted by atomic mass is 35.5. The minimum Gasteiger partial charge on any atom is -0.437 e. The summed E-state index contributed by atoms with van der Waals surface area (Å²) in [7, 11) is -0.955. The molecule has 0 bridgehead atoms. The number of nitrogens with one attached hydrogen (secondary N) is 2. The monoisotopic (exact) mass is 1060 g/mol. The summed E-state index contributed by atoms with van der Waals surface area (Å²) in [6, 6.07) is 12.5. The summed E-state index contributed by atoms with van der Waals surface area (Å²) in [6.45, 7) is 20.5. The van der Waals surface area contributed by atoms with E-state index in [0.717, 1.165) is 30.3 Å². The van der Waals surface area contributed by atoms with Gasteiger partial charge in [0.05, 0.1) is 25.2 Å². The Kier molecular flexibility index (Phi) is 24.8. The molecule has 5 heterocycles. The van der Waals surface area contributed by atoms with Crippen molar-refractivity contribution in [2.75, 3.05) is 79.6 Å². The Labute approximate surface area is 430 Å². The number of carbonyl (C=O) groups is 3.